The minimum absolute atomic E-state index is 0.308. The van der Waals surface area contributed by atoms with Crippen molar-refractivity contribution in [1.82, 2.24) is 5.32 Å². The van der Waals surface area contributed by atoms with Crippen LogP contribution >= 0.6 is 0 Å². The normalized spacial score (nSPS) is 22.1. The van der Waals surface area contributed by atoms with Crippen LogP contribution in [0.15, 0.2) is 0 Å². The molecule has 5 heteroatoms. The molecule has 3 N–H and O–H groups in total. The summed E-state index contributed by atoms with van der Waals surface area (Å²) in [4.78, 5) is 22.9. The van der Waals surface area contributed by atoms with E-state index in [1.165, 1.54) is 0 Å². The van der Waals surface area contributed by atoms with Crippen LogP contribution < -0.4 is 11.1 Å². The third kappa shape index (κ3) is 3.90. The summed E-state index contributed by atoms with van der Waals surface area (Å²) in [5, 5.41) is 2.97. The van der Waals surface area contributed by atoms with Gasteiger partial charge in [-0.15, -0.1) is 0 Å². The molecule has 5 nitrogen and oxygen atoms in total. The number of carbonyl (C=O) groups excluding carboxylic acids is 2. The second kappa shape index (κ2) is 5.96. The van der Waals surface area contributed by atoms with E-state index in [-0.39, 0.29) is 6.04 Å². The van der Waals surface area contributed by atoms with Gasteiger partial charge in [0.05, 0.1) is 0 Å². The topological polar surface area (TPSA) is 81.4 Å². The van der Waals surface area contributed by atoms with Crippen LogP contribution in [-0.4, -0.2) is 30.6 Å². The van der Waals surface area contributed by atoms with E-state index in [1.807, 2.05) is 13.8 Å². The lowest BCUT2D eigenvalue weighted by Crippen LogP contribution is -2.40. The number of nitrogens with two attached hydrogens (primary N) is 1. The zero-order valence-electron chi connectivity index (χ0n) is 9.86. The van der Waals surface area contributed by atoms with E-state index in [1.54, 1.807) is 0 Å². The summed E-state index contributed by atoms with van der Waals surface area (Å²) < 4.78 is 4.73. The molecule has 0 aromatic rings. The van der Waals surface area contributed by atoms with Crippen LogP contribution in [0.5, 0.6) is 0 Å². The van der Waals surface area contributed by atoms with Crippen LogP contribution in [0.1, 0.15) is 33.1 Å². The molecule has 0 radical (unpaired) electrons. The van der Waals surface area contributed by atoms with Crippen LogP contribution in [0.4, 0.5) is 0 Å². The molecular weight excluding hydrogens is 208 g/mol. The Morgan fingerprint density at radius 3 is 2.69 bits per heavy atom. The number of rotatable bonds is 4. The molecule has 0 spiro atoms. The highest BCUT2D eigenvalue weighted by molar-refractivity contribution is 5.90. The van der Waals surface area contributed by atoms with Crippen LogP contribution in [0.25, 0.3) is 0 Å². The van der Waals surface area contributed by atoms with Gasteiger partial charge in [-0.2, -0.15) is 0 Å². The fourth-order valence-electron chi connectivity index (χ4n) is 1.74. The first kappa shape index (κ1) is 13.1. The standard InChI is InChI=1S/C11H20N2O3/c1-7(2)6-8(12)10(14)16-11(15)9-4-3-5-13-9/h7-9,13H,3-6,12H2,1-2H3/t8-,9+/m1/s1. The first-order valence-corrected chi connectivity index (χ1v) is 5.75. The largest absolute Gasteiger partial charge is 0.391 e. The fourth-order valence-corrected chi connectivity index (χ4v) is 1.74. The van der Waals surface area contributed by atoms with E-state index in [0.717, 1.165) is 19.4 Å². The number of nitrogens with one attached hydrogen (secondary N) is 1. The molecule has 16 heavy (non-hydrogen) atoms. The molecule has 0 bridgehead atoms. The predicted molar refractivity (Wildman–Crippen MR) is 59.6 cm³/mol. The molecule has 1 aliphatic heterocycles. The number of ether oxygens (including phenoxy) is 1. The number of esters is 2. The molecule has 0 saturated carbocycles. The maximum Gasteiger partial charge on any atom is 0.330 e. The smallest absolute Gasteiger partial charge is 0.330 e. The number of hydrogen-bond acceptors (Lipinski definition) is 5. The van der Waals surface area contributed by atoms with Crippen LogP contribution in [-0.2, 0) is 14.3 Å². The average molecular weight is 228 g/mol. The van der Waals surface area contributed by atoms with Gasteiger partial charge in [-0.25, -0.2) is 9.59 Å². The van der Waals surface area contributed by atoms with Gasteiger partial charge in [0.1, 0.15) is 12.1 Å². The minimum Gasteiger partial charge on any atom is -0.391 e. The van der Waals surface area contributed by atoms with Crippen molar-refractivity contribution >= 4 is 11.9 Å². The van der Waals surface area contributed by atoms with E-state index in [0.29, 0.717) is 12.3 Å². The van der Waals surface area contributed by atoms with Crippen molar-refractivity contribution in [1.29, 1.82) is 0 Å². The molecule has 0 amide bonds. The summed E-state index contributed by atoms with van der Waals surface area (Å²) in [5.74, 6) is -0.809. The summed E-state index contributed by atoms with van der Waals surface area (Å²) in [6.07, 6.45) is 2.20. The van der Waals surface area contributed by atoms with Crippen molar-refractivity contribution < 1.29 is 14.3 Å². The number of hydrogen-bond donors (Lipinski definition) is 2. The van der Waals surface area contributed by atoms with Crippen molar-refractivity contribution in [3.05, 3.63) is 0 Å². The van der Waals surface area contributed by atoms with Crippen LogP contribution in [0, 0.1) is 5.92 Å². The van der Waals surface area contributed by atoms with Gasteiger partial charge in [0.15, 0.2) is 0 Å². The van der Waals surface area contributed by atoms with E-state index in [4.69, 9.17) is 10.5 Å². The molecule has 0 aromatic heterocycles. The highest BCUT2D eigenvalue weighted by Gasteiger charge is 2.27. The Kier molecular flexibility index (Phi) is 4.89. The van der Waals surface area contributed by atoms with E-state index >= 15 is 0 Å². The predicted octanol–water partition coefficient (Wildman–Crippen LogP) is 0.182. The van der Waals surface area contributed by atoms with E-state index in [9.17, 15) is 9.59 Å². The zero-order valence-corrected chi connectivity index (χ0v) is 9.86. The first-order valence-electron chi connectivity index (χ1n) is 5.75. The van der Waals surface area contributed by atoms with Crippen LogP contribution in [0.2, 0.25) is 0 Å². The SMILES string of the molecule is CC(C)C[C@@H](N)C(=O)OC(=O)[C@@H]1CCCN1. The van der Waals surface area contributed by atoms with Gasteiger partial charge in [-0.3, -0.25) is 0 Å². The van der Waals surface area contributed by atoms with Crippen molar-refractivity contribution in [2.45, 2.75) is 45.2 Å². The zero-order chi connectivity index (χ0) is 12.1. The van der Waals surface area contributed by atoms with Gasteiger partial charge in [-0.1, -0.05) is 13.8 Å². The molecule has 1 rings (SSSR count). The van der Waals surface area contributed by atoms with Crippen LogP contribution in [0.3, 0.4) is 0 Å². The maximum atomic E-state index is 11.5. The molecule has 92 valence electrons. The maximum absolute atomic E-state index is 11.5. The van der Waals surface area contributed by atoms with E-state index in [2.05, 4.69) is 5.32 Å². The van der Waals surface area contributed by atoms with Gasteiger partial charge in [0.25, 0.3) is 0 Å². The Hall–Kier alpha value is -0.940. The second-order valence-electron chi connectivity index (χ2n) is 4.63. The summed E-state index contributed by atoms with van der Waals surface area (Å²) >= 11 is 0. The molecule has 0 aliphatic carbocycles. The molecule has 2 atom stereocenters. The Balaban J connectivity index is 2.35. The number of carbonyl (C=O) groups is 2. The summed E-state index contributed by atoms with van der Waals surface area (Å²) in [6.45, 7) is 4.73. The van der Waals surface area contributed by atoms with E-state index < -0.39 is 18.0 Å². The molecular formula is C11H20N2O3. The van der Waals surface area contributed by atoms with Gasteiger partial charge in [0.2, 0.25) is 0 Å². The van der Waals surface area contributed by atoms with Gasteiger partial charge < -0.3 is 15.8 Å². The lowest BCUT2D eigenvalue weighted by atomic mass is 10.1. The third-order valence-electron chi connectivity index (χ3n) is 2.57. The monoisotopic (exact) mass is 228 g/mol. The quantitative estimate of drug-likeness (QED) is 0.530. The summed E-state index contributed by atoms with van der Waals surface area (Å²) in [5.41, 5.74) is 5.62. The van der Waals surface area contributed by atoms with Crippen molar-refractivity contribution in [3.63, 3.8) is 0 Å². The summed E-state index contributed by atoms with van der Waals surface area (Å²) in [7, 11) is 0. The molecule has 1 saturated heterocycles. The van der Waals surface area contributed by atoms with Crippen molar-refractivity contribution in [2.24, 2.45) is 11.7 Å². The van der Waals surface area contributed by atoms with Crippen molar-refractivity contribution in [2.75, 3.05) is 6.54 Å². The first-order chi connectivity index (χ1) is 7.50. The van der Waals surface area contributed by atoms with Gasteiger partial charge in [-0.05, 0) is 31.7 Å². The fraction of sp³-hybridized carbons (Fsp3) is 0.818. The lowest BCUT2D eigenvalue weighted by Gasteiger charge is -2.14. The molecule has 0 aromatic carbocycles. The Morgan fingerprint density at radius 2 is 2.19 bits per heavy atom. The molecule has 1 heterocycles. The molecule has 1 aliphatic rings. The summed E-state index contributed by atoms with van der Waals surface area (Å²) in [6, 6.07) is -1.04. The Morgan fingerprint density at radius 1 is 1.50 bits per heavy atom. The molecule has 0 unspecified atom stereocenters. The Labute approximate surface area is 95.7 Å². The third-order valence-corrected chi connectivity index (χ3v) is 2.57. The van der Waals surface area contributed by atoms with Gasteiger partial charge >= 0.3 is 11.9 Å². The Bertz CT molecular complexity index is 260. The lowest BCUT2D eigenvalue weighted by molar-refractivity contribution is -0.162. The molecule has 1 fully saturated rings. The van der Waals surface area contributed by atoms with Crippen molar-refractivity contribution in [3.8, 4) is 0 Å². The van der Waals surface area contributed by atoms with Gasteiger partial charge in [0, 0.05) is 0 Å². The highest BCUT2D eigenvalue weighted by atomic mass is 16.6. The average Bonchev–Trinajstić information content (AvgIpc) is 2.68. The minimum atomic E-state index is -0.703. The highest BCUT2D eigenvalue weighted by Crippen LogP contribution is 2.09. The second-order valence-corrected chi connectivity index (χ2v) is 4.63.